The van der Waals surface area contributed by atoms with E-state index in [1.165, 1.54) is 0 Å². The molecule has 214 valence electrons. The molecule has 0 aromatic rings. The van der Waals surface area contributed by atoms with E-state index in [0.717, 1.165) is 0 Å². The lowest BCUT2D eigenvalue weighted by Crippen LogP contribution is -2.60. The molecule has 0 bridgehead atoms. The van der Waals surface area contributed by atoms with Crippen molar-refractivity contribution in [2.24, 2.45) is 0 Å². The predicted molar refractivity (Wildman–Crippen MR) is 109 cm³/mol. The maximum atomic E-state index is 11.5. The van der Waals surface area contributed by atoms with E-state index in [0.29, 0.717) is 6.92 Å². The molecule has 0 aliphatic heterocycles. The first-order chi connectivity index (χ1) is 17.1. The molecule has 0 unspecified atom stereocenters. The molecule has 0 saturated carbocycles. The van der Waals surface area contributed by atoms with Gasteiger partial charge in [-0.05, 0) is 6.92 Å². The second-order valence-electron chi connectivity index (χ2n) is 8.00. The third-order valence-electron chi connectivity index (χ3n) is 5.27. The fraction of sp³-hybridized carbons (Fsp3) is 1.00. The summed E-state index contributed by atoms with van der Waals surface area (Å²) in [6, 6.07) is 0. The maximum Gasteiger partial charge on any atom is 0.495 e. The molecule has 0 N–H and O–H groups in total. The lowest BCUT2D eigenvalue weighted by atomic mass is 9.98. The molecule has 0 saturated heterocycles. The van der Waals surface area contributed by atoms with E-state index >= 15 is 0 Å². The van der Waals surface area contributed by atoms with Gasteiger partial charge < -0.3 is 9.47 Å². The minimum atomic E-state index is -3.77. The van der Waals surface area contributed by atoms with Crippen molar-refractivity contribution in [1.29, 1.82) is 0 Å². The molecule has 0 aliphatic carbocycles. The van der Waals surface area contributed by atoms with Gasteiger partial charge in [0.2, 0.25) is 12.8 Å². The van der Waals surface area contributed by atoms with Crippen LogP contribution in [-0.4, -0.2) is 81.5 Å². The van der Waals surface area contributed by atoms with Crippen LogP contribution in [0.15, 0.2) is 0 Å². The molecular weight excluding hydrogens is 544 g/mol. The Bertz CT molecular complexity index is 908. The predicted octanol–water partition coefficient (Wildman–Crippen LogP) is -0.816. The normalized spacial score (nSPS) is 12.5. The monoisotopic (exact) mass is 562 g/mol. The summed E-state index contributed by atoms with van der Waals surface area (Å²) < 4.78 is 9.30. The minimum absolute atomic E-state index is 0.235. The van der Waals surface area contributed by atoms with E-state index < -0.39 is 94.4 Å². The fourth-order valence-corrected chi connectivity index (χ4v) is 2.72. The van der Waals surface area contributed by atoms with E-state index in [1.807, 2.05) is 0 Å². The molecule has 26 nitrogen and oxygen atoms in total. The SMILES string of the molecule is CC(OCC(CC(C)([N+](=O)[O-])[N+](=O)[O-])([N+](=O)[O-])[N+](=O)[O-])OCC(CC(C)([N+](=O)[O-])[N+](=O)[O-])([N+](=O)[O-])[N+](=O)[O-]. The molecular formula is C12H18N8O18. The van der Waals surface area contributed by atoms with Gasteiger partial charge in [0, 0.05) is 0 Å². The van der Waals surface area contributed by atoms with E-state index in [4.69, 9.17) is 0 Å². The molecule has 0 rings (SSSR count). The highest BCUT2D eigenvalue weighted by Gasteiger charge is 2.72. The van der Waals surface area contributed by atoms with E-state index in [2.05, 4.69) is 9.47 Å². The number of nitrogens with zero attached hydrogens (tertiary/aromatic N) is 8. The largest absolute Gasteiger partial charge is 0.495 e. The highest BCUT2D eigenvalue weighted by molar-refractivity contribution is 4.77. The van der Waals surface area contributed by atoms with Crippen LogP contribution in [0.25, 0.3) is 0 Å². The smallest absolute Gasteiger partial charge is 0.337 e. The number of ether oxygens (including phenoxy) is 2. The van der Waals surface area contributed by atoms with Gasteiger partial charge in [-0.2, -0.15) is 0 Å². The second-order valence-corrected chi connectivity index (χ2v) is 8.00. The van der Waals surface area contributed by atoms with Crippen molar-refractivity contribution in [2.45, 2.75) is 62.6 Å². The molecule has 0 aliphatic rings. The average Bonchev–Trinajstić information content (AvgIpc) is 2.77. The Hall–Kier alpha value is -4.88. The van der Waals surface area contributed by atoms with Gasteiger partial charge in [-0.25, -0.2) is 0 Å². The first-order valence-electron chi connectivity index (χ1n) is 9.46. The van der Waals surface area contributed by atoms with Crippen LogP contribution in [0.1, 0.15) is 33.6 Å². The van der Waals surface area contributed by atoms with Crippen molar-refractivity contribution in [3.8, 4) is 0 Å². The zero-order valence-corrected chi connectivity index (χ0v) is 19.3. The molecule has 0 amide bonds. The van der Waals surface area contributed by atoms with Crippen LogP contribution < -0.4 is 0 Å². The first-order valence-corrected chi connectivity index (χ1v) is 9.46. The zero-order valence-electron chi connectivity index (χ0n) is 19.3. The van der Waals surface area contributed by atoms with Crippen LogP contribution in [0.5, 0.6) is 0 Å². The summed E-state index contributed by atoms with van der Waals surface area (Å²) in [4.78, 5) is 76.7. The van der Waals surface area contributed by atoms with Gasteiger partial charge in [0.05, 0.1) is 33.5 Å². The zero-order chi connectivity index (χ0) is 30.4. The third kappa shape index (κ3) is 6.27. The Balaban J connectivity index is 6.14. The van der Waals surface area contributed by atoms with Crippen molar-refractivity contribution in [2.75, 3.05) is 13.2 Å². The van der Waals surface area contributed by atoms with Crippen LogP contribution in [0.3, 0.4) is 0 Å². The fourth-order valence-electron chi connectivity index (χ4n) is 2.72. The van der Waals surface area contributed by atoms with Crippen molar-refractivity contribution in [3.63, 3.8) is 0 Å². The lowest BCUT2D eigenvalue weighted by Gasteiger charge is -2.23. The van der Waals surface area contributed by atoms with Crippen LogP contribution in [-0.2, 0) is 9.47 Å². The lowest BCUT2D eigenvalue weighted by molar-refractivity contribution is -0.846. The van der Waals surface area contributed by atoms with E-state index in [-0.39, 0.29) is 13.8 Å². The second kappa shape index (κ2) is 11.5. The van der Waals surface area contributed by atoms with Gasteiger partial charge in [-0.15, -0.1) is 0 Å². The molecule has 0 aromatic carbocycles. The van der Waals surface area contributed by atoms with Crippen molar-refractivity contribution in [3.05, 3.63) is 80.9 Å². The van der Waals surface area contributed by atoms with Gasteiger partial charge in [0.25, 0.3) is 0 Å². The molecule has 38 heavy (non-hydrogen) atoms. The Morgan fingerprint density at radius 1 is 0.500 bits per heavy atom. The standard InChI is InChI=1S/C12H18N8O18/c1-8(37-6-11(17(29)30,18(31)32)4-9(2,13(21)22)14(23)24)38-7-12(19(33)34,20(35)36)5-10(3,15(25)26)16(27)28/h8H,4-7H2,1-3H3. The molecule has 0 radical (unpaired) electrons. The summed E-state index contributed by atoms with van der Waals surface area (Å²) in [7, 11) is 0. The number of hydrogen-bond donors (Lipinski definition) is 0. The topological polar surface area (TPSA) is 364 Å². The highest BCUT2D eigenvalue weighted by Crippen LogP contribution is 2.30. The van der Waals surface area contributed by atoms with Crippen molar-refractivity contribution < 1.29 is 48.9 Å². The van der Waals surface area contributed by atoms with Crippen molar-refractivity contribution in [1.82, 2.24) is 0 Å². The molecule has 0 spiro atoms. The average molecular weight is 562 g/mol. The van der Waals surface area contributed by atoms with Gasteiger partial charge in [-0.1, -0.05) is 0 Å². The summed E-state index contributed by atoms with van der Waals surface area (Å²) in [6.45, 7) is -2.44. The van der Waals surface area contributed by atoms with Gasteiger partial charge in [-0.3, -0.25) is 80.9 Å². The van der Waals surface area contributed by atoms with Gasteiger partial charge in [0.15, 0.2) is 19.5 Å². The molecule has 0 fully saturated rings. The molecule has 26 heteroatoms. The Labute approximate surface area is 206 Å². The quantitative estimate of drug-likeness (QED) is 0.112. The van der Waals surface area contributed by atoms with Gasteiger partial charge >= 0.3 is 22.7 Å². The van der Waals surface area contributed by atoms with Crippen molar-refractivity contribution >= 4 is 0 Å². The third-order valence-corrected chi connectivity index (χ3v) is 5.27. The number of nitro groups is 8. The van der Waals surface area contributed by atoms with Crippen LogP contribution >= 0.6 is 0 Å². The van der Waals surface area contributed by atoms with Crippen LogP contribution in [0, 0.1) is 80.9 Å². The van der Waals surface area contributed by atoms with E-state index in [1.54, 1.807) is 0 Å². The van der Waals surface area contributed by atoms with Gasteiger partial charge in [0.1, 0.15) is 19.7 Å². The van der Waals surface area contributed by atoms with E-state index in [9.17, 15) is 80.9 Å². The summed E-state index contributed by atoms with van der Waals surface area (Å²) in [5, 5.41) is 90.3. The summed E-state index contributed by atoms with van der Waals surface area (Å²) >= 11 is 0. The first kappa shape index (κ1) is 33.1. The molecule has 0 atom stereocenters. The summed E-state index contributed by atoms with van der Waals surface area (Å²) in [5.41, 5.74) is -14.5. The molecule has 0 heterocycles. The number of rotatable bonds is 18. The Kier molecular flexibility index (Phi) is 9.98. The summed E-state index contributed by atoms with van der Waals surface area (Å²) in [6.07, 6.45) is -6.07. The number of hydrogen-bond acceptors (Lipinski definition) is 18. The molecule has 0 aromatic heterocycles. The Morgan fingerprint density at radius 3 is 0.868 bits per heavy atom. The maximum absolute atomic E-state index is 11.5. The minimum Gasteiger partial charge on any atom is -0.337 e. The Morgan fingerprint density at radius 2 is 0.711 bits per heavy atom. The highest BCUT2D eigenvalue weighted by atomic mass is 16.7. The summed E-state index contributed by atoms with van der Waals surface area (Å²) in [5.74, 6) is 0. The van der Waals surface area contributed by atoms with Crippen LogP contribution in [0.4, 0.5) is 0 Å². The van der Waals surface area contributed by atoms with Crippen LogP contribution in [0.2, 0.25) is 0 Å².